The summed E-state index contributed by atoms with van der Waals surface area (Å²) in [7, 11) is 0. The van der Waals surface area contributed by atoms with E-state index in [1.54, 1.807) is 60.7 Å². The van der Waals surface area contributed by atoms with Crippen molar-refractivity contribution >= 4 is 41.3 Å². The number of rotatable bonds is 6. The van der Waals surface area contributed by atoms with Gasteiger partial charge in [-0.3, -0.25) is 4.79 Å². The summed E-state index contributed by atoms with van der Waals surface area (Å²) >= 11 is 6.31. The van der Waals surface area contributed by atoms with Gasteiger partial charge in [-0.15, -0.1) is 0 Å². The summed E-state index contributed by atoms with van der Waals surface area (Å²) in [4.78, 5) is 37.0. The summed E-state index contributed by atoms with van der Waals surface area (Å²) < 4.78 is 5.68. The van der Waals surface area contributed by atoms with Crippen molar-refractivity contribution in [2.75, 3.05) is 4.90 Å². The van der Waals surface area contributed by atoms with Gasteiger partial charge in [-0.2, -0.15) is 0 Å². The Balaban J connectivity index is 1.48. The predicted molar refractivity (Wildman–Crippen MR) is 117 cm³/mol. The first-order chi connectivity index (χ1) is 15.4. The van der Waals surface area contributed by atoms with Crippen molar-refractivity contribution in [1.82, 2.24) is 5.32 Å². The highest BCUT2D eigenvalue weighted by atomic mass is 35.5. The fourth-order valence-electron chi connectivity index (χ4n) is 3.19. The number of anilines is 1. The van der Waals surface area contributed by atoms with Gasteiger partial charge in [0, 0.05) is 0 Å². The van der Waals surface area contributed by atoms with Crippen LogP contribution in [0.4, 0.5) is 10.5 Å². The maximum atomic E-state index is 12.7. The van der Waals surface area contributed by atoms with Gasteiger partial charge < -0.3 is 20.0 Å². The molecule has 7 nitrogen and oxygen atoms in total. The molecule has 4 rings (SSSR count). The lowest BCUT2D eigenvalue weighted by Gasteiger charge is -2.11. The van der Waals surface area contributed by atoms with E-state index in [9.17, 15) is 19.5 Å². The van der Waals surface area contributed by atoms with Crippen molar-refractivity contribution in [1.29, 1.82) is 0 Å². The van der Waals surface area contributed by atoms with Gasteiger partial charge in [-0.1, -0.05) is 54.1 Å². The molecule has 0 atom stereocenters. The summed E-state index contributed by atoms with van der Waals surface area (Å²) in [6.07, 6.45) is 1.53. The van der Waals surface area contributed by atoms with Crippen LogP contribution < -0.4 is 20.1 Å². The summed E-state index contributed by atoms with van der Waals surface area (Å²) in [6, 6.07) is 19.3. The molecule has 0 radical (unpaired) electrons. The molecule has 3 amide bonds. The molecule has 8 heteroatoms. The number of aromatic carboxylic acids is 1. The van der Waals surface area contributed by atoms with Crippen LogP contribution in [-0.2, 0) is 11.4 Å². The highest BCUT2D eigenvalue weighted by molar-refractivity contribution is 6.32. The molecule has 1 aliphatic heterocycles. The van der Waals surface area contributed by atoms with Crippen LogP contribution in [0.3, 0.4) is 0 Å². The third kappa shape index (κ3) is 4.48. The number of halogens is 1. The third-order valence-corrected chi connectivity index (χ3v) is 5.01. The highest BCUT2D eigenvalue weighted by Gasteiger charge is 2.34. The number of hydrogen-bond donors (Lipinski definition) is 1. The van der Waals surface area contributed by atoms with Gasteiger partial charge in [0.2, 0.25) is 0 Å². The van der Waals surface area contributed by atoms with Crippen LogP contribution in [0.5, 0.6) is 5.75 Å². The molecule has 0 aliphatic carbocycles. The lowest BCUT2D eigenvalue weighted by Crippen LogP contribution is -2.30. The first kappa shape index (κ1) is 21.1. The van der Waals surface area contributed by atoms with Gasteiger partial charge in [-0.05, 0) is 53.1 Å². The first-order valence-corrected chi connectivity index (χ1v) is 9.95. The quantitative estimate of drug-likeness (QED) is 0.461. The van der Waals surface area contributed by atoms with E-state index >= 15 is 0 Å². The maximum Gasteiger partial charge on any atom is 0.333 e. The minimum absolute atomic E-state index is 0.0620. The van der Waals surface area contributed by atoms with E-state index in [1.807, 2.05) is 0 Å². The Labute approximate surface area is 188 Å². The fraction of sp³-hybridized carbons (Fsp3) is 0.0417. The Bertz CT molecular complexity index is 1240. The number of benzene rings is 3. The molecular weight excluding hydrogens is 432 g/mol. The van der Waals surface area contributed by atoms with Crippen LogP contribution in [0.1, 0.15) is 21.5 Å². The summed E-state index contributed by atoms with van der Waals surface area (Å²) in [5.74, 6) is -1.34. The second kappa shape index (κ2) is 8.95. The van der Waals surface area contributed by atoms with Crippen molar-refractivity contribution < 1.29 is 24.2 Å². The number of ether oxygens (including phenoxy) is 1. The van der Waals surface area contributed by atoms with Crippen molar-refractivity contribution in [3.05, 3.63) is 100 Å². The number of hydrogen-bond acceptors (Lipinski definition) is 5. The van der Waals surface area contributed by atoms with E-state index in [0.29, 0.717) is 27.6 Å². The lowest BCUT2D eigenvalue weighted by atomic mass is 10.1. The second-order valence-electron chi connectivity index (χ2n) is 6.93. The fourth-order valence-corrected chi connectivity index (χ4v) is 3.43. The zero-order valence-corrected chi connectivity index (χ0v) is 17.3. The van der Waals surface area contributed by atoms with Crippen LogP contribution in [-0.4, -0.2) is 17.9 Å². The highest BCUT2D eigenvalue weighted by Crippen LogP contribution is 2.28. The molecule has 3 aromatic rings. The van der Waals surface area contributed by atoms with Crippen molar-refractivity contribution in [3.8, 4) is 5.75 Å². The van der Waals surface area contributed by atoms with E-state index < -0.39 is 17.9 Å². The van der Waals surface area contributed by atoms with Crippen molar-refractivity contribution in [3.63, 3.8) is 0 Å². The van der Waals surface area contributed by atoms with Gasteiger partial charge >= 0.3 is 6.03 Å². The molecular formula is C24H16ClN2O5-. The molecule has 1 N–H and O–H groups in total. The molecule has 0 aromatic heterocycles. The Hall–Kier alpha value is -4.10. The number of nitrogens with one attached hydrogen (secondary N) is 1. The van der Waals surface area contributed by atoms with E-state index in [-0.39, 0.29) is 17.9 Å². The number of carbonyl (C=O) groups excluding carboxylic acids is 3. The minimum atomic E-state index is -1.26. The van der Waals surface area contributed by atoms with E-state index in [0.717, 1.165) is 4.90 Å². The first-order valence-electron chi connectivity index (χ1n) is 9.57. The molecule has 0 spiro atoms. The zero-order chi connectivity index (χ0) is 22.7. The Morgan fingerprint density at radius 3 is 2.53 bits per heavy atom. The monoisotopic (exact) mass is 447 g/mol. The number of carboxylic acids is 1. The molecule has 0 unspecified atom stereocenters. The van der Waals surface area contributed by atoms with Gasteiger partial charge in [0.05, 0.1) is 16.7 Å². The number of nitrogens with zero attached hydrogens (tertiary/aromatic N) is 1. The standard InChI is InChI=1S/C24H17ClN2O5/c25-19-12-15(9-10-21(19)32-14-16-5-4-6-17(11-16)23(29)30)13-20-22(28)27(24(31)26-20)18-7-2-1-3-8-18/h1-13H,14H2,(H,26,31)(H,29,30)/p-1/b20-13+. The number of urea groups is 1. The topological polar surface area (TPSA) is 98.8 Å². The van der Waals surface area contributed by atoms with Crippen molar-refractivity contribution in [2.45, 2.75) is 6.61 Å². The van der Waals surface area contributed by atoms with Gasteiger partial charge in [0.1, 0.15) is 18.1 Å². The smallest absolute Gasteiger partial charge is 0.333 e. The zero-order valence-electron chi connectivity index (χ0n) is 16.6. The molecule has 160 valence electrons. The number of carboxylic acid groups (broad SMARTS) is 1. The Morgan fingerprint density at radius 2 is 1.81 bits per heavy atom. The molecule has 0 saturated carbocycles. The van der Waals surface area contributed by atoms with Crippen molar-refractivity contribution in [2.24, 2.45) is 0 Å². The molecule has 0 bridgehead atoms. The van der Waals surface area contributed by atoms with Crippen LogP contribution in [0.25, 0.3) is 6.08 Å². The summed E-state index contributed by atoms with van der Waals surface area (Å²) in [5.41, 5.74) is 1.91. The van der Waals surface area contributed by atoms with E-state index in [1.165, 1.54) is 18.2 Å². The summed E-state index contributed by atoms with van der Waals surface area (Å²) in [5, 5.41) is 13.8. The maximum absolute atomic E-state index is 12.7. The average Bonchev–Trinajstić information content (AvgIpc) is 3.06. The number of amides is 3. The lowest BCUT2D eigenvalue weighted by molar-refractivity contribution is -0.255. The van der Waals surface area contributed by atoms with Gasteiger partial charge in [0.25, 0.3) is 5.91 Å². The Kier molecular flexibility index (Phi) is 5.91. The van der Waals surface area contributed by atoms with Gasteiger partial charge in [-0.25, -0.2) is 9.69 Å². The third-order valence-electron chi connectivity index (χ3n) is 4.72. The predicted octanol–water partition coefficient (Wildman–Crippen LogP) is 3.38. The minimum Gasteiger partial charge on any atom is -0.545 e. The molecule has 1 saturated heterocycles. The van der Waals surface area contributed by atoms with Crippen LogP contribution in [0.15, 0.2) is 78.5 Å². The largest absolute Gasteiger partial charge is 0.545 e. The van der Waals surface area contributed by atoms with Crippen LogP contribution in [0, 0.1) is 0 Å². The van der Waals surface area contributed by atoms with E-state index in [4.69, 9.17) is 16.3 Å². The van der Waals surface area contributed by atoms with E-state index in [2.05, 4.69) is 5.32 Å². The average molecular weight is 448 g/mol. The SMILES string of the molecule is O=C([O-])c1cccc(COc2ccc(/C=C3/NC(=O)N(c4ccccc4)C3=O)cc2Cl)c1. The van der Waals surface area contributed by atoms with Crippen LogP contribution in [0.2, 0.25) is 5.02 Å². The number of carbonyl (C=O) groups is 3. The second-order valence-corrected chi connectivity index (χ2v) is 7.34. The molecule has 32 heavy (non-hydrogen) atoms. The molecule has 1 fully saturated rings. The number of para-hydroxylation sites is 1. The molecule has 1 heterocycles. The molecule has 3 aromatic carbocycles. The number of imide groups is 1. The molecule has 1 aliphatic rings. The van der Waals surface area contributed by atoms with Gasteiger partial charge in [0.15, 0.2) is 0 Å². The summed E-state index contributed by atoms with van der Waals surface area (Å²) in [6.45, 7) is 0.113. The normalized spacial score (nSPS) is 14.5. The Morgan fingerprint density at radius 1 is 1.03 bits per heavy atom. The van der Waals surface area contributed by atoms with Crippen LogP contribution >= 0.6 is 11.6 Å².